The van der Waals surface area contributed by atoms with Gasteiger partial charge in [0.05, 0.1) is 16.8 Å². The number of nitrogens with two attached hydrogens (primary N) is 1. The summed E-state index contributed by atoms with van der Waals surface area (Å²) in [6.45, 7) is 0.478. The topological polar surface area (TPSA) is 103 Å². The number of nitrogens with zero attached hydrogens (tertiary/aromatic N) is 1. The molecule has 1 aliphatic heterocycles. The predicted octanol–water partition coefficient (Wildman–Crippen LogP) is 3.55. The van der Waals surface area contributed by atoms with Crippen molar-refractivity contribution in [2.45, 2.75) is 6.61 Å². The van der Waals surface area contributed by atoms with Gasteiger partial charge in [0.2, 0.25) is 0 Å². The standard InChI is InChI=1S/C26H19N3O4/c27-24-23-21(25(31)28-26(23)32)14-22(30)29(24)19-8-4-7-18(13-19)17-9-11-20(12-10-17)33-15-16-5-2-1-3-6-16/h1-14H,15,27H2,(H,28,31,32). The third kappa shape index (κ3) is 3.76. The zero-order valence-corrected chi connectivity index (χ0v) is 17.4. The molecule has 5 rings (SSSR count). The van der Waals surface area contributed by atoms with Crippen LogP contribution in [0.2, 0.25) is 0 Å². The molecule has 0 bridgehead atoms. The van der Waals surface area contributed by atoms with Crippen molar-refractivity contribution in [3.8, 4) is 22.6 Å². The first-order chi connectivity index (χ1) is 16.0. The van der Waals surface area contributed by atoms with Gasteiger partial charge in [0.1, 0.15) is 18.2 Å². The van der Waals surface area contributed by atoms with E-state index in [1.54, 1.807) is 18.2 Å². The number of fused-ring (bicyclic) bond motifs is 1. The van der Waals surface area contributed by atoms with Crippen molar-refractivity contribution < 1.29 is 14.3 Å². The minimum Gasteiger partial charge on any atom is -0.489 e. The first kappa shape index (κ1) is 20.3. The van der Waals surface area contributed by atoms with Crippen molar-refractivity contribution in [3.63, 3.8) is 0 Å². The molecule has 0 radical (unpaired) electrons. The lowest BCUT2D eigenvalue weighted by molar-refractivity contribution is 0.0880. The van der Waals surface area contributed by atoms with Crippen molar-refractivity contribution in [1.29, 1.82) is 0 Å². The molecule has 0 unspecified atom stereocenters. The number of anilines is 1. The highest BCUT2D eigenvalue weighted by atomic mass is 16.5. The van der Waals surface area contributed by atoms with Gasteiger partial charge >= 0.3 is 0 Å². The molecular weight excluding hydrogens is 418 g/mol. The molecule has 4 aromatic rings. The third-order valence-corrected chi connectivity index (χ3v) is 5.49. The number of hydrogen-bond donors (Lipinski definition) is 2. The average molecular weight is 437 g/mol. The van der Waals surface area contributed by atoms with Crippen molar-refractivity contribution >= 4 is 17.6 Å². The highest BCUT2D eigenvalue weighted by molar-refractivity contribution is 6.23. The normalized spacial score (nSPS) is 12.4. The molecule has 1 aromatic heterocycles. The van der Waals surface area contributed by atoms with Crippen LogP contribution in [0.15, 0.2) is 89.7 Å². The lowest BCUT2D eigenvalue weighted by atomic mass is 10.0. The Morgan fingerprint density at radius 3 is 2.30 bits per heavy atom. The van der Waals surface area contributed by atoms with E-state index in [1.165, 1.54) is 4.57 Å². The van der Waals surface area contributed by atoms with Gasteiger partial charge in [-0.05, 0) is 41.0 Å². The summed E-state index contributed by atoms with van der Waals surface area (Å²) in [5.41, 5.74) is 9.03. The van der Waals surface area contributed by atoms with E-state index in [1.807, 2.05) is 60.7 Å². The first-order valence-electron chi connectivity index (χ1n) is 10.3. The summed E-state index contributed by atoms with van der Waals surface area (Å²) in [4.78, 5) is 36.7. The van der Waals surface area contributed by atoms with Crippen LogP contribution in [-0.4, -0.2) is 16.4 Å². The summed E-state index contributed by atoms with van der Waals surface area (Å²) < 4.78 is 7.08. The number of amides is 2. The number of carbonyl (C=O) groups is 2. The number of imide groups is 1. The van der Waals surface area contributed by atoms with E-state index in [4.69, 9.17) is 10.5 Å². The molecule has 3 N–H and O–H groups in total. The Balaban J connectivity index is 1.44. The van der Waals surface area contributed by atoms with E-state index >= 15 is 0 Å². The van der Waals surface area contributed by atoms with Gasteiger partial charge in [0.15, 0.2) is 0 Å². The number of ether oxygens (including phenoxy) is 1. The van der Waals surface area contributed by atoms with Crippen LogP contribution in [0.4, 0.5) is 5.82 Å². The summed E-state index contributed by atoms with van der Waals surface area (Å²) in [5, 5.41) is 2.17. The van der Waals surface area contributed by atoms with E-state index in [0.29, 0.717) is 12.3 Å². The fourth-order valence-electron chi connectivity index (χ4n) is 3.85. The molecular formula is C26H19N3O4. The summed E-state index contributed by atoms with van der Waals surface area (Å²) >= 11 is 0. The summed E-state index contributed by atoms with van der Waals surface area (Å²) in [6, 6.07) is 25.9. The number of hydrogen-bond acceptors (Lipinski definition) is 5. The molecule has 0 aliphatic carbocycles. The van der Waals surface area contributed by atoms with Crippen LogP contribution in [0.5, 0.6) is 5.75 Å². The summed E-state index contributed by atoms with van der Waals surface area (Å²) in [5.74, 6) is -0.547. The molecule has 0 fully saturated rings. The Bertz CT molecular complexity index is 1440. The number of rotatable bonds is 5. The first-order valence-corrected chi connectivity index (χ1v) is 10.3. The van der Waals surface area contributed by atoms with Gasteiger partial charge < -0.3 is 10.5 Å². The SMILES string of the molecule is Nc1c2c(cc(=O)n1-c1cccc(-c3ccc(OCc4ccccc4)cc3)c1)C(=O)NC2=O. The van der Waals surface area contributed by atoms with Gasteiger partial charge in [-0.1, -0.05) is 54.6 Å². The number of carbonyl (C=O) groups excluding carboxylic acids is 2. The highest BCUT2D eigenvalue weighted by Crippen LogP contribution is 2.27. The summed E-state index contributed by atoms with van der Waals surface area (Å²) in [7, 11) is 0. The van der Waals surface area contributed by atoms with Crippen molar-refractivity contribution in [2.24, 2.45) is 0 Å². The number of nitrogen functional groups attached to an aromatic ring is 1. The second-order valence-corrected chi connectivity index (χ2v) is 7.62. The Hall–Kier alpha value is -4.65. The number of benzene rings is 3. The second kappa shape index (κ2) is 8.12. The van der Waals surface area contributed by atoms with Gasteiger partial charge in [-0.2, -0.15) is 0 Å². The summed E-state index contributed by atoms with van der Waals surface area (Å²) in [6.07, 6.45) is 0. The maximum atomic E-state index is 12.7. The average Bonchev–Trinajstić information content (AvgIpc) is 3.12. The molecule has 0 spiro atoms. The maximum Gasteiger partial charge on any atom is 0.262 e. The van der Waals surface area contributed by atoms with Crippen LogP contribution in [0.1, 0.15) is 26.3 Å². The Morgan fingerprint density at radius 2 is 1.55 bits per heavy atom. The van der Waals surface area contributed by atoms with Crippen molar-refractivity contribution in [1.82, 2.24) is 9.88 Å². The van der Waals surface area contributed by atoms with Gasteiger partial charge in [0, 0.05) is 6.07 Å². The largest absolute Gasteiger partial charge is 0.489 e. The smallest absolute Gasteiger partial charge is 0.262 e. The van der Waals surface area contributed by atoms with E-state index in [0.717, 1.165) is 28.5 Å². The molecule has 1 aliphatic rings. The lowest BCUT2D eigenvalue weighted by Gasteiger charge is -2.13. The van der Waals surface area contributed by atoms with Crippen LogP contribution in [0, 0.1) is 0 Å². The van der Waals surface area contributed by atoms with E-state index < -0.39 is 17.4 Å². The fraction of sp³-hybridized carbons (Fsp3) is 0.0385. The maximum absolute atomic E-state index is 12.7. The Kier molecular flexibility index (Phi) is 4.99. The van der Waals surface area contributed by atoms with Gasteiger partial charge in [-0.25, -0.2) is 0 Å². The molecule has 0 saturated heterocycles. The van der Waals surface area contributed by atoms with Crippen LogP contribution in [0.3, 0.4) is 0 Å². The van der Waals surface area contributed by atoms with Crippen molar-refractivity contribution in [2.75, 3.05) is 5.73 Å². The van der Waals surface area contributed by atoms with E-state index in [2.05, 4.69) is 5.32 Å². The van der Waals surface area contributed by atoms with Crippen LogP contribution < -0.4 is 21.3 Å². The Morgan fingerprint density at radius 1 is 0.788 bits per heavy atom. The molecule has 0 atom stereocenters. The number of pyridine rings is 1. The molecule has 2 heterocycles. The predicted molar refractivity (Wildman–Crippen MR) is 124 cm³/mol. The van der Waals surface area contributed by atoms with Gasteiger partial charge in [-0.15, -0.1) is 0 Å². The molecule has 7 heteroatoms. The van der Waals surface area contributed by atoms with E-state index in [-0.39, 0.29) is 16.9 Å². The third-order valence-electron chi connectivity index (χ3n) is 5.49. The van der Waals surface area contributed by atoms with Crippen LogP contribution in [0.25, 0.3) is 16.8 Å². The fourth-order valence-corrected chi connectivity index (χ4v) is 3.85. The second-order valence-electron chi connectivity index (χ2n) is 7.62. The molecule has 0 saturated carbocycles. The molecule has 7 nitrogen and oxygen atoms in total. The molecule has 33 heavy (non-hydrogen) atoms. The Labute approximate surface area is 189 Å². The van der Waals surface area contributed by atoms with E-state index in [9.17, 15) is 14.4 Å². The molecule has 2 amide bonds. The van der Waals surface area contributed by atoms with Crippen LogP contribution >= 0.6 is 0 Å². The number of aromatic nitrogens is 1. The molecule has 3 aromatic carbocycles. The minimum absolute atomic E-state index is 0.000922. The minimum atomic E-state index is -0.616. The van der Waals surface area contributed by atoms with Gasteiger partial charge in [0.25, 0.3) is 17.4 Å². The van der Waals surface area contributed by atoms with Crippen molar-refractivity contribution in [3.05, 3.63) is 112 Å². The highest BCUT2D eigenvalue weighted by Gasteiger charge is 2.31. The number of nitrogens with one attached hydrogen (secondary N) is 1. The van der Waals surface area contributed by atoms with Gasteiger partial charge in [-0.3, -0.25) is 24.3 Å². The quantitative estimate of drug-likeness (QED) is 0.465. The molecule has 162 valence electrons. The van der Waals surface area contributed by atoms with Crippen LogP contribution in [-0.2, 0) is 6.61 Å². The zero-order chi connectivity index (χ0) is 22.9. The zero-order valence-electron chi connectivity index (χ0n) is 17.4. The monoisotopic (exact) mass is 437 g/mol. The lowest BCUT2D eigenvalue weighted by Crippen LogP contribution is -2.24.